The van der Waals surface area contributed by atoms with Crippen LogP contribution in [-0.4, -0.2) is 12.3 Å². The van der Waals surface area contributed by atoms with Gasteiger partial charge in [0.05, 0.1) is 13.1 Å². The molecule has 0 radical (unpaired) electrons. The van der Waals surface area contributed by atoms with Gasteiger partial charge in [-0.2, -0.15) is 0 Å². The van der Waals surface area contributed by atoms with Gasteiger partial charge < -0.3 is 15.8 Å². The van der Waals surface area contributed by atoms with Gasteiger partial charge in [-0.05, 0) is 36.8 Å². The highest BCUT2D eigenvalue weighted by Crippen LogP contribution is 2.22. The molecule has 0 aliphatic rings. The van der Waals surface area contributed by atoms with E-state index in [-0.39, 0.29) is 42.2 Å². The minimum absolute atomic E-state index is 0. The predicted octanol–water partition coefficient (Wildman–Crippen LogP) is 4.18. The summed E-state index contributed by atoms with van der Waals surface area (Å²) in [4.78, 5) is 6.51. The van der Waals surface area contributed by atoms with Gasteiger partial charge >= 0.3 is 6.36 Å². The number of hydrogen-bond donors (Lipinski definition) is 2. The van der Waals surface area contributed by atoms with Gasteiger partial charge in [-0.3, -0.25) is 0 Å². The second-order valence-electron chi connectivity index (χ2n) is 4.76. The van der Waals surface area contributed by atoms with Crippen molar-refractivity contribution in [3.05, 3.63) is 51.7 Å². The number of thiophene rings is 1. The molecule has 2 aromatic rings. The fourth-order valence-corrected chi connectivity index (χ4v) is 2.62. The number of ether oxygens (including phenoxy) is 1. The molecule has 1 aromatic carbocycles. The Bertz CT molecular complexity index is 671. The Kier molecular flexibility index (Phi) is 7.80. The maximum atomic E-state index is 12.1. The lowest BCUT2D eigenvalue weighted by atomic mass is 10.2. The Morgan fingerprint density at radius 1 is 1.21 bits per heavy atom. The van der Waals surface area contributed by atoms with Crippen molar-refractivity contribution in [1.82, 2.24) is 5.32 Å². The Morgan fingerprint density at radius 3 is 2.42 bits per heavy atom. The van der Waals surface area contributed by atoms with E-state index in [9.17, 15) is 13.2 Å². The fourth-order valence-electron chi connectivity index (χ4n) is 1.79. The lowest BCUT2D eigenvalue weighted by Crippen LogP contribution is -2.30. The highest BCUT2D eigenvalue weighted by Gasteiger charge is 2.30. The van der Waals surface area contributed by atoms with Gasteiger partial charge in [-0.15, -0.1) is 48.5 Å². The molecule has 0 bridgehead atoms. The van der Waals surface area contributed by atoms with Crippen molar-refractivity contribution in [1.29, 1.82) is 0 Å². The number of hydrogen-bond acceptors (Lipinski definition) is 3. The highest BCUT2D eigenvalue weighted by molar-refractivity contribution is 14.0. The minimum atomic E-state index is -4.69. The number of nitrogens with zero attached hydrogens (tertiary/aromatic N) is 1. The van der Waals surface area contributed by atoms with Crippen molar-refractivity contribution in [3.8, 4) is 5.75 Å². The standard InChI is InChI=1S/C15H16F3N3OS.HI/c1-10-2-7-13(23-10)9-21-14(19)20-8-11-3-5-12(6-4-11)22-15(16,17)18;/h2-7H,8-9H2,1H3,(H3,19,20,21);1H. The Labute approximate surface area is 158 Å². The van der Waals surface area contributed by atoms with Gasteiger partial charge in [-0.1, -0.05) is 12.1 Å². The lowest BCUT2D eigenvalue weighted by Gasteiger charge is -2.09. The molecule has 0 amide bonds. The van der Waals surface area contributed by atoms with E-state index >= 15 is 0 Å². The molecule has 0 unspecified atom stereocenters. The molecule has 1 aromatic heterocycles. The largest absolute Gasteiger partial charge is 0.573 e. The average Bonchev–Trinajstić information content (AvgIpc) is 2.88. The molecule has 0 spiro atoms. The summed E-state index contributed by atoms with van der Waals surface area (Å²) >= 11 is 1.67. The molecule has 0 atom stereocenters. The molecule has 24 heavy (non-hydrogen) atoms. The molecule has 132 valence electrons. The van der Waals surface area contributed by atoms with Crippen LogP contribution in [0, 0.1) is 6.92 Å². The molecular weight excluding hydrogens is 454 g/mol. The van der Waals surface area contributed by atoms with E-state index in [1.165, 1.54) is 29.1 Å². The minimum Gasteiger partial charge on any atom is -0.406 e. The third-order valence-electron chi connectivity index (χ3n) is 2.83. The second-order valence-corrected chi connectivity index (χ2v) is 6.13. The van der Waals surface area contributed by atoms with Crippen LogP contribution in [0.15, 0.2) is 41.4 Å². The van der Waals surface area contributed by atoms with E-state index in [1.807, 2.05) is 19.1 Å². The maximum Gasteiger partial charge on any atom is 0.573 e. The number of benzene rings is 1. The number of rotatable bonds is 5. The van der Waals surface area contributed by atoms with Crippen LogP contribution in [0.4, 0.5) is 13.2 Å². The highest BCUT2D eigenvalue weighted by atomic mass is 127. The van der Waals surface area contributed by atoms with Crippen molar-refractivity contribution in [3.63, 3.8) is 0 Å². The number of nitrogens with one attached hydrogen (secondary N) is 1. The van der Waals surface area contributed by atoms with Crippen LogP contribution in [0.1, 0.15) is 15.3 Å². The summed E-state index contributed by atoms with van der Waals surface area (Å²) in [5.41, 5.74) is 6.49. The Morgan fingerprint density at radius 2 is 1.88 bits per heavy atom. The van der Waals surface area contributed by atoms with Crippen molar-refractivity contribution in [2.45, 2.75) is 26.4 Å². The summed E-state index contributed by atoms with van der Waals surface area (Å²) in [7, 11) is 0. The topological polar surface area (TPSA) is 59.6 Å². The first-order valence-corrected chi connectivity index (χ1v) is 7.57. The molecule has 0 aliphatic carbocycles. The monoisotopic (exact) mass is 471 g/mol. The summed E-state index contributed by atoms with van der Waals surface area (Å²) in [5.74, 6) is 0.0241. The predicted molar refractivity (Wildman–Crippen MR) is 99.8 cm³/mol. The molecule has 9 heteroatoms. The van der Waals surface area contributed by atoms with Crippen LogP contribution in [0.3, 0.4) is 0 Å². The molecule has 1 heterocycles. The van der Waals surface area contributed by atoms with Crippen molar-refractivity contribution in [2.24, 2.45) is 10.7 Å². The van der Waals surface area contributed by atoms with Crippen molar-refractivity contribution in [2.75, 3.05) is 0 Å². The van der Waals surface area contributed by atoms with Crippen LogP contribution >= 0.6 is 35.3 Å². The second kappa shape index (κ2) is 9.11. The smallest absolute Gasteiger partial charge is 0.406 e. The zero-order chi connectivity index (χ0) is 16.9. The first-order chi connectivity index (χ1) is 10.8. The SMILES string of the molecule is Cc1ccc(CNC(N)=NCc2ccc(OC(F)(F)F)cc2)s1.I. The summed E-state index contributed by atoms with van der Waals surface area (Å²) in [6.45, 7) is 2.89. The summed E-state index contributed by atoms with van der Waals surface area (Å²) in [6.07, 6.45) is -4.69. The zero-order valence-corrected chi connectivity index (χ0v) is 15.9. The third kappa shape index (κ3) is 7.39. The number of halogens is 4. The van der Waals surface area contributed by atoms with Gasteiger partial charge in [0, 0.05) is 9.75 Å². The number of aliphatic imine (C=N–C) groups is 1. The Balaban J connectivity index is 0.00000288. The molecule has 0 saturated carbocycles. The summed E-state index contributed by atoms with van der Waals surface area (Å²) in [6, 6.07) is 9.56. The average molecular weight is 471 g/mol. The number of alkyl halides is 3. The van der Waals surface area contributed by atoms with E-state index in [1.54, 1.807) is 11.3 Å². The maximum absolute atomic E-state index is 12.1. The van der Waals surface area contributed by atoms with Gasteiger partial charge in [0.1, 0.15) is 5.75 Å². The first-order valence-electron chi connectivity index (χ1n) is 6.75. The fraction of sp³-hybridized carbons (Fsp3) is 0.267. The van der Waals surface area contributed by atoms with Gasteiger partial charge in [0.25, 0.3) is 0 Å². The quantitative estimate of drug-likeness (QED) is 0.391. The van der Waals surface area contributed by atoms with Crippen molar-refractivity contribution >= 4 is 41.3 Å². The van der Waals surface area contributed by atoms with Crippen LogP contribution < -0.4 is 15.8 Å². The van der Waals surface area contributed by atoms with Crippen LogP contribution in [0.5, 0.6) is 5.75 Å². The van der Waals surface area contributed by atoms with E-state index < -0.39 is 6.36 Å². The van der Waals surface area contributed by atoms with Gasteiger partial charge in [0.2, 0.25) is 0 Å². The molecule has 3 N–H and O–H groups in total. The molecule has 2 rings (SSSR count). The number of nitrogens with two attached hydrogens (primary N) is 1. The zero-order valence-electron chi connectivity index (χ0n) is 12.8. The summed E-state index contributed by atoms with van der Waals surface area (Å²) < 4.78 is 40.0. The normalized spacial score (nSPS) is 11.8. The van der Waals surface area contributed by atoms with Crippen molar-refractivity contribution < 1.29 is 17.9 Å². The van der Waals surface area contributed by atoms with Gasteiger partial charge in [-0.25, -0.2) is 4.99 Å². The molecule has 0 saturated heterocycles. The van der Waals surface area contributed by atoms with E-state index in [0.717, 1.165) is 10.4 Å². The van der Waals surface area contributed by atoms with Gasteiger partial charge in [0.15, 0.2) is 5.96 Å². The third-order valence-corrected chi connectivity index (χ3v) is 3.83. The van der Waals surface area contributed by atoms with Crippen LogP contribution in [0.2, 0.25) is 0 Å². The van der Waals surface area contributed by atoms with E-state index in [2.05, 4.69) is 15.0 Å². The van der Waals surface area contributed by atoms with Crippen LogP contribution in [-0.2, 0) is 13.1 Å². The molecule has 0 aliphatic heterocycles. The number of guanidine groups is 1. The lowest BCUT2D eigenvalue weighted by molar-refractivity contribution is -0.274. The van der Waals surface area contributed by atoms with Crippen LogP contribution in [0.25, 0.3) is 0 Å². The Hall–Kier alpha value is -1.49. The summed E-state index contributed by atoms with van der Waals surface area (Å²) in [5, 5.41) is 2.99. The molecular formula is C15H17F3IN3OS. The molecule has 0 fully saturated rings. The van der Waals surface area contributed by atoms with E-state index in [0.29, 0.717) is 6.54 Å². The number of aryl methyl sites for hydroxylation is 1. The van der Waals surface area contributed by atoms with E-state index in [4.69, 9.17) is 5.73 Å². The first kappa shape index (κ1) is 20.6. The molecule has 4 nitrogen and oxygen atoms in total.